The lowest BCUT2D eigenvalue weighted by Crippen LogP contribution is -2.38. The van der Waals surface area contributed by atoms with E-state index in [1.54, 1.807) is 36.4 Å². The van der Waals surface area contributed by atoms with Crippen LogP contribution in [0.25, 0.3) is 0 Å². The highest BCUT2D eigenvalue weighted by Crippen LogP contribution is 2.24. The molecule has 2 amide bonds. The Kier molecular flexibility index (Phi) is 6.17. The molecule has 7 heteroatoms. The van der Waals surface area contributed by atoms with Gasteiger partial charge in [-0.05, 0) is 25.1 Å². The Bertz CT molecular complexity index is 820. The fourth-order valence-corrected chi connectivity index (χ4v) is 2.36. The number of aryl methyl sites for hydroxylation is 1. The van der Waals surface area contributed by atoms with Gasteiger partial charge in [-0.3, -0.25) is 14.4 Å². The summed E-state index contributed by atoms with van der Waals surface area (Å²) >= 11 is 11.7. The highest BCUT2D eigenvalue weighted by Gasteiger charge is 2.22. The summed E-state index contributed by atoms with van der Waals surface area (Å²) in [5, 5.41) is 3.27. The van der Waals surface area contributed by atoms with Crippen LogP contribution in [-0.4, -0.2) is 36.1 Å². The second-order valence-corrected chi connectivity index (χ2v) is 6.35. The second-order valence-electron chi connectivity index (χ2n) is 5.53. The molecule has 1 N–H and O–H groups in total. The third kappa shape index (κ3) is 5.05. The number of nitrogens with zero attached hydrogens (tertiary/aromatic N) is 1. The maximum Gasteiger partial charge on any atom is 0.295 e. The summed E-state index contributed by atoms with van der Waals surface area (Å²) in [5.74, 6) is -1.87. The lowest BCUT2D eigenvalue weighted by molar-refractivity contribution is -0.129. The van der Waals surface area contributed by atoms with E-state index in [0.29, 0.717) is 15.7 Å². The van der Waals surface area contributed by atoms with Crippen LogP contribution in [-0.2, 0) is 9.59 Å². The Labute approximate surface area is 155 Å². The minimum Gasteiger partial charge on any atom is -0.330 e. The molecule has 5 nitrogen and oxygen atoms in total. The third-order valence-electron chi connectivity index (χ3n) is 3.44. The fraction of sp³-hybridized carbons (Fsp3) is 0.167. The predicted molar refractivity (Wildman–Crippen MR) is 98.2 cm³/mol. The van der Waals surface area contributed by atoms with E-state index in [0.717, 1.165) is 10.5 Å². The van der Waals surface area contributed by atoms with Gasteiger partial charge in [-0.1, -0.05) is 53.0 Å². The van der Waals surface area contributed by atoms with E-state index >= 15 is 0 Å². The summed E-state index contributed by atoms with van der Waals surface area (Å²) in [4.78, 5) is 37.4. The largest absolute Gasteiger partial charge is 0.330 e. The quantitative estimate of drug-likeness (QED) is 0.638. The van der Waals surface area contributed by atoms with Crippen molar-refractivity contribution >= 4 is 46.5 Å². The molecule has 0 aliphatic rings. The van der Waals surface area contributed by atoms with E-state index in [-0.39, 0.29) is 12.1 Å². The normalized spacial score (nSPS) is 10.2. The summed E-state index contributed by atoms with van der Waals surface area (Å²) in [6.45, 7) is 1.62. The van der Waals surface area contributed by atoms with Gasteiger partial charge < -0.3 is 10.2 Å². The van der Waals surface area contributed by atoms with E-state index in [4.69, 9.17) is 23.2 Å². The molecule has 130 valence electrons. The van der Waals surface area contributed by atoms with E-state index in [9.17, 15) is 14.4 Å². The number of carbonyl (C=O) groups is 3. The molecule has 0 spiro atoms. The van der Waals surface area contributed by atoms with Gasteiger partial charge in [0.25, 0.3) is 5.91 Å². The Morgan fingerprint density at radius 2 is 1.64 bits per heavy atom. The van der Waals surface area contributed by atoms with Crippen LogP contribution in [0.15, 0.2) is 42.5 Å². The van der Waals surface area contributed by atoms with E-state index in [2.05, 4.69) is 5.32 Å². The van der Waals surface area contributed by atoms with Gasteiger partial charge in [0.15, 0.2) is 0 Å². The number of ketones is 1. The van der Waals surface area contributed by atoms with Crippen LogP contribution in [0.2, 0.25) is 10.0 Å². The lowest BCUT2D eigenvalue weighted by Gasteiger charge is -2.16. The number of nitrogens with one attached hydrogen (secondary N) is 1. The van der Waals surface area contributed by atoms with Gasteiger partial charge in [0.05, 0.1) is 16.6 Å². The molecular weight excluding hydrogens is 363 g/mol. The number of benzene rings is 2. The van der Waals surface area contributed by atoms with E-state index in [1.165, 1.54) is 13.1 Å². The van der Waals surface area contributed by atoms with Crippen molar-refractivity contribution in [2.24, 2.45) is 0 Å². The van der Waals surface area contributed by atoms with E-state index < -0.39 is 17.6 Å². The van der Waals surface area contributed by atoms with Crippen molar-refractivity contribution in [2.45, 2.75) is 6.92 Å². The number of hydrogen-bond donors (Lipinski definition) is 1. The maximum absolute atomic E-state index is 12.2. The Hall–Kier alpha value is -2.37. The van der Waals surface area contributed by atoms with Crippen LogP contribution < -0.4 is 5.32 Å². The van der Waals surface area contributed by atoms with Gasteiger partial charge in [0, 0.05) is 18.3 Å². The van der Waals surface area contributed by atoms with Crippen LogP contribution >= 0.6 is 23.2 Å². The fourth-order valence-electron chi connectivity index (χ4n) is 2.06. The number of likely N-dealkylation sites (N-methyl/N-ethyl adjacent to an activating group) is 1. The minimum absolute atomic E-state index is 0.267. The minimum atomic E-state index is -0.756. The van der Waals surface area contributed by atoms with Crippen LogP contribution in [0.5, 0.6) is 0 Å². The zero-order valence-corrected chi connectivity index (χ0v) is 15.2. The van der Waals surface area contributed by atoms with Crippen molar-refractivity contribution in [1.29, 1.82) is 0 Å². The van der Waals surface area contributed by atoms with Crippen molar-refractivity contribution in [3.63, 3.8) is 0 Å². The zero-order valence-electron chi connectivity index (χ0n) is 13.7. The van der Waals surface area contributed by atoms with Gasteiger partial charge >= 0.3 is 0 Å². The van der Waals surface area contributed by atoms with Crippen molar-refractivity contribution in [1.82, 2.24) is 4.90 Å². The molecule has 0 saturated heterocycles. The van der Waals surface area contributed by atoms with Crippen molar-refractivity contribution in [2.75, 3.05) is 18.9 Å². The number of carbonyl (C=O) groups excluding carboxylic acids is 3. The maximum atomic E-state index is 12.2. The number of amides is 2. The highest BCUT2D eigenvalue weighted by atomic mass is 35.5. The predicted octanol–water partition coefficient (Wildman–Crippen LogP) is 3.58. The van der Waals surface area contributed by atoms with Gasteiger partial charge in [0.1, 0.15) is 0 Å². The standard InChI is InChI=1S/C18H16Cl2N2O3/c1-11-3-5-12(6-4-11)17(24)18(25)22(2)10-16(23)21-13-7-8-14(19)15(20)9-13/h3-9H,10H2,1-2H3,(H,21,23). The molecule has 0 bridgehead atoms. The van der Waals surface area contributed by atoms with Crippen LogP contribution in [0, 0.1) is 6.92 Å². The summed E-state index contributed by atoms with van der Waals surface area (Å²) in [6, 6.07) is 11.3. The first-order chi connectivity index (χ1) is 11.8. The lowest BCUT2D eigenvalue weighted by atomic mass is 10.1. The van der Waals surface area contributed by atoms with Crippen molar-refractivity contribution in [3.05, 3.63) is 63.6 Å². The average Bonchev–Trinajstić information content (AvgIpc) is 2.57. The molecule has 2 aromatic rings. The molecular formula is C18H16Cl2N2O3. The average molecular weight is 379 g/mol. The summed E-state index contributed by atoms with van der Waals surface area (Å²) < 4.78 is 0. The molecule has 25 heavy (non-hydrogen) atoms. The second kappa shape index (κ2) is 8.14. The first-order valence-electron chi connectivity index (χ1n) is 7.39. The topological polar surface area (TPSA) is 66.5 Å². The van der Waals surface area contributed by atoms with Crippen LogP contribution in [0.1, 0.15) is 15.9 Å². The molecule has 0 fully saturated rings. The first kappa shape index (κ1) is 19.0. The summed E-state index contributed by atoms with van der Waals surface area (Å²) in [5.41, 5.74) is 1.72. The van der Waals surface area contributed by atoms with Gasteiger partial charge in [-0.2, -0.15) is 0 Å². The van der Waals surface area contributed by atoms with E-state index in [1.807, 2.05) is 6.92 Å². The smallest absolute Gasteiger partial charge is 0.295 e. The third-order valence-corrected chi connectivity index (χ3v) is 4.18. The number of rotatable bonds is 5. The molecule has 2 rings (SSSR count). The Balaban J connectivity index is 1.97. The molecule has 0 unspecified atom stereocenters. The Morgan fingerprint density at radius 1 is 1.00 bits per heavy atom. The monoisotopic (exact) mass is 378 g/mol. The molecule has 0 atom stereocenters. The number of hydrogen-bond acceptors (Lipinski definition) is 3. The summed E-state index contributed by atoms with van der Waals surface area (Å²) in [7, 11) is 1.39. The SMILES string of the molecule is Cc1ccc(C(=O)C(=O)N(C)CC(=O)Nc2ccc(Cl)c(Cl)c2)cc1. The molecule has 0 heterocycles. The molecule has 2 aromatic carbocycles. The van der Waals surface area contributed by atoms with Gasteiger partial charge in [-0.25, -0.2) is 0 Å². The Morgan fingerprint density at radius 3 is 2.24 bits per heavy atom. The highest BCUT2D eigenvalue weighted by molar-refractivity contribution is 6.43. The first-order valence-corrected chi connectivity index (χ1v) is 8.15. The number of Topliss-reactive ketones (excluding diaryl/α,β-unsaturated/α-hetero) is 1. The van der Waals surface area contributed by atoms with Crippen molar-refractivity contribution < 1.29 is 14.4 Å². The zero-order chi connectivity index (χ0) is 18.6. The number of halogens is 2. The molecule has 0 radical (unpaired) electrons. The summed E-state index contributed by atoms with van der Waals surface area (Å²) in [6.07, 6.45) is 0. The van der Waals surface area contributed by atoms with Crippen LogP contribution in [0.4, 0.5) is 5.69 Å². The number of anilines is 1. The molecule has 0 saturated carbocycles. The molecule has 0 aliphatic carbocycles. The molecule has 0 aromatic heterocycles. The van der Waals surface area contributed by atoms with Gasteiger partial charge in [0.2, 0.25) is 11.7 Å². The molecule has 0 aliphatic heterocycles. The van der Waals surface area contributed by atoms with Crippen LogP contribution in [0.3, 0.4) is 0 Å². The van der Waals surface area contributed by atoms with Gasteiger partial charge in [-0.15, -0.1) is 0 Å². The van der Waals surface area contributed by atoms with Crippen molar-refractivity contribution in [3.8, 4) is 0 Å².